The Bertz CT molecular complexity index is 314. The minimum Gasteiger partial charge on any atom is -0.340 e. The maximum Gasteiger partial charge on any atom is 0.232 e. The Hall–Kier alpha value is -0.520. The average molecular weight is 258 g/mol. The van der Waals surface area contributed by atoms with Crippen molar-refractivity contribution in [3.8, 4) is 0 Å². The van der Waals surface area contributed by atoms with Gasteiger partial charge in [-0.2, -0.15) is 0 Å². The number of amides is 1. The fraction of sp³-hybridized carbons (Fsp3) is 0.545. The molecule has 0 radical (unpaired) electrons. The lowest BCUT2D eigenvalue weighted by molar-refractivity contribution is -0.127. The zero-order valence-electron chi connectivity index (χ0n) is 9.68. The predicted molar refractivity (Wildman–Crippen MR) is 71.8 cm³/mol. The van der Waals surface area contributed by atoms with E-state index >= 15 is 0 Å². The van der Waals surface area contributed by atoms with E-state index in [1.165, 1.54) is 4.88 Å². The van der Waals surface area contributed by atoms with E-state index in [1.807, 2.05) is 31.5 Å². The summed E-state index contributed by atoms with van der Waals surface area (Å²) in [6.07, 6.45) is 0. The lowest BCUT2D eigenvalue weighted by Gasteiger charge is -2.17. The van der Waals surface area contributed by atoms with Crippen molar-refractivity contribution in [1.82, 2.24) is 4.90 Å². The zero-order chi connectivity index (χ0) is 12.0. The topological polar surface area (TPSA) is 46.3 Å². The molecule has 0 fully saturated rings. The molecule has 16 heavy (non-hydrogen) atoms. The summed E-state index contributed by atoms with van der Waals surface area (Å²) in [5, 5.41) is 2.37. The smallest absolute Gasteiger partial charge is 0.232 e. The summed E-state index contributed by atoms with van der Waals surface area (Å²) in [4.78, 5) is 14.7. The van der Waals surface area contributed by atoms with Gasteiger partial charge in [-0.05, 0) is 11.4 Å². The summed E-state index contributed by atoms with van der Waals surface area (Å²) in [6, 6.07) is 4.05. The van der Waals surface area contributed by atoms with Crippen LogP contribution in [-0.4, -0.2) is 35.4 Å². The molecule has 0 bridgehead atoms. The highest BCUT2D eigenvalue weighted by atomic mass is 32.2. The first-order chi connectivity index (χ1) is 7.63. The highest BCUT2D eigenvalue weighted by Crippen LogP contribution is 2.13. The summed E-state index contributed by atoms with van der Waals surface area (Å²) in [6.45, 7) is 3.36. The molecule has 0 aromatic carbocycles. The van der Waals surface area contributed by atoms with Gasteiger partial charge in [0.1, 0.15) is 0 Å². The number of rotatable bonds is 6. The van der Waals surface area contributed by atoms with Gasteiger partial charge in [-0.15, -0.1) is 23.1 Å². The number of thiophene rings is 1. The third-order valence-corrected chi connectivity index (χ3v) is 4.26. The SMILES string of the molecule is CC(CN)SCC(=O)N(C)Cc1cccs1. The van der Waals surface area contributed by atoms with E-state index < -0.39 is 0 Å². The van der Waals surface area contributed by atoms with Crippen molar-refractivity contribution >= 4 is 29.0 Å². The fourth-order valence-electron chi connectivity index (χ4n) is 1.12. The summed E-state index contributed by atoms with van der Waals surface area (Å²) < 4.78 is 0. The molecule has 1 heterocycles. The minimum absolute atomic E-state index is 0.165. The standard InChI is InChI=1S/C11H18N2OS2/c1-9(6-12)16-8-11(14)13(2)7-10-4-3-5-15-10/h3-5,9H,6-8,12H2,1-2H3. The molecule has 2 N–H and O–H groups in total. The Kier molecular flexibility index (Phi) is 5.87. The van der Waals surface area contributed by atoms with E-state index in [0.717, 1.165) is 0 Å². The molecule has 1 aromatic heterocycles. The normalized spacial score (nSPS) is 12.4. The van der Waals surface area contributed by atoms with E-state index in [0.29, 0.717) is 24.1 Å². The van der Waals surface area contributed by atoms with Gasteiger partial charge in [-0.1, -0.05) is 13.0 Å². The predicted octanol–water partition coefficient (Wildman–Crippen LogP) is 1.79. The van der Waals surface area contributed by atoms with Crippen molar-refractivity contribution in [1.29, 1.82) is 0 Å². The molecule has 0 aliphatic heterocycles. The second-order valence-electron chi connectivity index (χ2n) is 3.69. The molecule has 0 spiro atoms. The van der Waals surface area contributed by atoms with Gasteiger partial charge in [0, 0.05) is 23.7 Å². The molecular weight excluding hydrogens is 240 g/mol. The van der Waals surface area contributed by atoms with Crippen LogP contribution in [0.1, 0.15) is 11.8 Å². The van der Waals surface area contributed by atoms with Crippen molar-refractivity contribution in [2.75, 3.05) is 19.3 Å². The second kappa shape index (κ2) is 6.93. The maximum absolute atomic E-state index is 11.8. The second-order valence-corrected chi connectivity index (χ2v) is 6.15. The number of carbonyl (C=O) groups is 1. The molecule has 1 unspecified atom stereocenters. The molecule has 0 aliphatic carbocycles. The summed E-state index contributed by atoms with van der Waals surface area (Å²) >= 11 is 3.29. The quantitative estimate of drug-likeness (QED) is 0.846. The maximum atomic E-state index is 11.8. The Morgan fingerprint density at radius 3 is 3.00 bits per heavy atom. The van der Waals surface area contributed by atoms with Crippen LogP contribution >= 0.6 is 23.1 Å². The number of nitrogens with zero attached hydrogens (tertiary/aromatic N) is 1. The number of hydrogen-bond donors (Lipinski definition) is 1. The molecule has 0 saturated heterocycles. The van der Waals surface area contributed by atoms with Gasteiger partial charge >= 0.3 is 0 Å². The van der Waals surface area contributed by atoms with Crippen molar-refractivity contribution in [3.05, 3.63) is 22.4 Å². The van der Waals surface area contributed by atoms with Gasteiger partial charge in [-0.25, -0.2) is 0 Å². The van der Waals surface area contributed by atoms with Crippen LogP contribution in [0, 0.1) is 0 Å². The van der Waals surface area contributed by atoms with E-state index in [1.54, 1.807) is 28.0 Å². The van der Waals surface area contributed by atoms with Crippen LogP contribution in [0.4, 0.5) is 0 Å². The van der Waals surface area contributed by atoms with Gasteiger partial charge < -0.3 is 10.6 Å². The van der Waals surface area contributed by atoms with Crippen LogP contribution in [0.3, 0.4) is 0 Å². The minimum atomic E-state index is 0.165. The number of nitrogens with two attached hydrogens (primary N) is 1. The summed E-state index contributed by atoms with van der Waals surface area (Å²) in [7, 11) is 1.84. The third kappa shape index (κ3) is 4.55. The first-order valence-corrected chi connectivity index (χ1v) is 7.14. The molecule has 5 heteroatoms. The Morgan fingerprint density at radius 1 is 1.69 bits per heavy atom. The largest absolute Gasteiger partial charge is 0.340 e. The van der Waals surface area contributed by atoms with E-state index in [-0.39, 0.29) is 5.91 Å². The van der Waals surface area contributed by atoms with Crippen LogP contribution < -0.4 is 5.73 Å². The fourth-order valence-corrected chi connectivity index (χ4v) is 2.66. The third-order valence-electron chi connectivity index (χ3n) is 2.22. The van der Waals surface area contributed by atoms with Gasteiger partial charge in [0.15, 0.2) is 0 Å². The van der Waals surface area contributed by atoms with Gasteiger partial charge in [-0.3, -0.25) is 4.79 Å². The molecule has 90 valence electrons. The first-order valence-electron chi connectivity index (χ1n) is 5.21. The Labute approximate surface area is 105 Å². The molecule has 1 aromatic rings. The van der Waals surface area contributed by atoms with E-state index in [4.69, 9.17) is 5.73 Å². The molecule has 0 saturated carbocycles. The lowest BCUT2D eigenvalue weighted by Crippen LogP contribution is -2.28. The average Bonchev–Trinajstić information content (AvgIpc) is 2.77. The van der Waals surface area contributed by atoms with Gasteiger partial charge in [0.2, 0.25) is 5.91 Å². The first kappa shape index (κ1) is 13.5. The summed E-state index contributed by atoms with van der Waals surface area (Å²) in [5.41, 5.74) is 5.50. The monoisotopic (exact) mass is 258 g/mol. The van der Waals surface area contributed by atoms with E-state index in [2.05, 4.69) is 0 Å². The van der Waals surface area contributed by atoms with Crippen molar-refractivity contribution in [2.24, 2.45) is 5.73 Å². The highest BCUT2D eigenvalue weighted by molar-refractivity contribution is 8.00. The lowest BCUT2D eigenvalue weighted by atomic mass is 10.4. The van der Waals surface area contributed by atoms with Crippen molar-refractivity contribution in [3.63, 3.8) is 0 Å². The van der Waals surface area contributed by atoms with E-state index in [9.17, 15) is 4.79 Å². The number of hydrogen-bond acceptors (Lipinski definition) is 4. The molecule has 3 nitrogen and oxygen atoms in total. The van der Waals surface area contributed by atoms with Crippen LogP contribution in [0.15, 0.2) is 17.5 Å². The molecule has 1 amide bonds. The van der Waals surface area contributed by atoms with Crippen LogP contribution in [0.25, 0.3) is 0 Å². The molecule has 1 rings (SSSR count). The highest BCUT2D eigenvalue weighted by Gasteiger charge is 2.11. The van der Waals surface area contributed by atoms with Gasteiger partial charge in [0.05, 0.1) is 12.3 Å². The number of thioether (sulfide) groups is 1. The zero-order valence-corrected chi connectivity index (χ0v) is 11.3. The van der Waals surface area contributed by atoms with Crippen LogP contribution in [-0.2, 0) is 11.3 Å². The van der Waals surface area contributed by atoms with Crippen molar-refractivity contribution in [2.45, 2.75) is 18.7 Å². The molecule has 1 atom stereocenters. The molecular formula is C11H18N2OS2. The van der Waals surface area contributed by atoms with Crippen LogP contribution in [0.5, 0.6) is 0 Å². The summed E-state index contributed by atoms with van der Waals surface area (Å²) in [5.74, 6) is 0.680. The number of carbonyl (C=O) groups excluding carboxylic acids is 1. The molecule has 0 aliphatic rings. The van der Waals surface area contributed by atoms with Gasteiger partial charge in [0.25, 0.3) is 0 Å². The Morgan fingerprint density at radius 2 is 2.44 bits per heavy atom. The van der Waals surface area contributed by atoms with Crippen LogP contribution in [0.2, 0.25) is 0 Å². The Balaban J connectivity index is 2.31. The van der Waals surface area contributed by atoms with Crippen molar-refractivity contribution < 1.29 is 4.79 Å².